The molecule has 0 N–H and O–H groups in total. The van der Waals surface area contributed by atoms with E-state index in [2.05, 4.69) is 18.1 Å². The van der Waals surface area contributed by atoms with Crippen LogP contribution in [0.5, 0.6) is 0 Å². The van der Waals surface area contributed by atoms with Gasteiger partial charge in [-0.25, -0.2) is 0 Å². The molecule has 1 heterocycles. The predicted octanol–water partition coefficient (Wildman–Crippen LogP) is 7.41. The van der Waals surface area contributed by atoms with E-state index in [4.69, 9.17) is 0 Å². The first-order chi connectivity index (χ1) is 13.9. The Morgan fingerprint density at radius 1 is 0.862 bits per heavy atom. The highest BCUT2D eigenvalue weighted by molar-refractivity contribution is 6.16. The van der Waals surface area contributed by atoms with Crippen LogP contribution in [0, 0.1) is 13.8 Å². The Balaban J connectivity index is 2.04. The molecule has 0 aliphatic heterocycles. The first-order valence-corrected chi connectivity index (χ1v) is 9.52. The van der Waals surface area contributed by atoms with Gasteiger partial charge in [0.15, 0.2) is 0 Å². The Kier molecular flexibility index (Phi) is 3.57. The number of aromatic nitrogens is 1. The van der Waals surface area contributed by atoms with E-state index in [9.17, 15) is 0 Å². The van der Waals surface area contributed by atoms with E-state index in [0.717, 1.165) is 32.8 Å². The van der Waals surface area contributed by atoms with E-state index in [1.54, 1.807) is 36.5 Å². The Bertz CT molecular complexity index is 1380. The molecule has 3 heteroatoms. The van der Waals surface area contributed by atoms with E-state index >= 15 is 8.78 Å². The fraction of sp³-hybridized carbons (Fsp3) is 0.115. The highest BCUT2D eigenvalue weighted by atomic mass is 19.3. The third kappa shape index (κ3) is 2.21. The third-order valence-corrected chi connectivity index (χ3v) is 6.07. The molecular formula is C26H19F2N. The summed E-state index contributed by atoms with van der Waals surface area (Å²) in [6.45, 7) is 11.6. The van der Waals surface area contributed by atoms with E-state index in [1.807, 2.05) is 32.0 Å². The van der Waals surface area contributed by atoms with Crippen LogP contribution >= 0.6 is 0 Å². The Labute approximate surface area is 168 Å². The molecule has 0 saturated carbocycles. The number of fused-ring (bicyclic) bond motifs is 4. The third-order valence-electron chi connectivity index (χ3n) is 6.07. The summed E-state index contributed by atoms with van der Waals surface area (Å²) < 4.78 is 31.8. The molecule has 1 nitrogen and oxygen atoms in total. The SMILES string of the molecule is C=Cc1cc2c(cc1C)-c1nccc3c1c(cc1c(C=C)c(C)ccc13)C2(F)F. The van der Waals surface area contributed by atoms with Gasteiger partial charge in [-0.2, -0.15) is 8.78 Å². The van der Waals surface area contributed by atoms with Gasteiger partial charge in [0.2, 0.25) is 0 Å². The minimum atomic E-state index is -3.13. The van der Waals surface area contributed by atoms with Crippen LogP contribution in [0.2, 0.25) is 0 Å². The summed E-state index contributed by atoms with van der Waals surface area (Å²) in [6, 6.07) is 10.8. The van der Waals surface area contributed by atoms with Crippen molar-refractivity contribution in [2.75, 3.05) is 0 Å². The van der Waals surface area contributed by atoms with Gasteiger partial charge in [0.05, 0.1) is 5.69 Å². The monoisotopic (exact) mass is 383 g/mol. The molecule has 142 valence electrons. The molecule has 0 amide bonds. The van der Waals surface area contributed by atoms with Crippen molar-refractivity contribution < 1.29 is 8.78 Å². The van der Waals surface area contributed by atoms with E-state index in [1.165, 1.54) is 0 Å². The fourth-order valence-electron chi connectivity index (χ4n) is 4.58. The lowest BCUT2D eigenvalue weighted by molar-refractivity contribution is 0.0444. The summed E-state index contributed by atoms with van der Waals surface area (Å²) in [7, 11) is 0. The molecule has 0 bridgehead atoms. The molecule has 0 unspecified atom stereocenters. The van der Waals surface area contributed by atoms with Crippen LogP contribution in [0.4, 0.5) is 8.78 Å². The number of pyridine rings is 1. The second kappa shape index (κ2) is 5.84. The minimum Gasteiger partial charge on any atom is -0.256 e. The van der Waals surface area contributed by atoms with Gasteiger partial charge in [-0.1, -0.05) is 37.4 Å². The lowest BCUT2D eigenvalue weighted by Crippen LogP contribution is -2.22. The van der Waals surface area contributed by atoms with E-state index in [-0.39, 0.29) is 11.1 Å². The predicted molar refractivity (Wildman–Crippen MR) is 117 cm³/mol. The molecule has 1 aromatic heterocycles. The second-order valence-electron chi connectivity index (χ2n) is 7.63. The molecule has 5 rings (SSSR count). The maximum Gasteiger partial charge on any atom is 0.299 e. The Morgan fingerprint density at radius 3 is 2.38 bits per heavy atom. The van der Waals surface area contributed by atoms with Crippen LogP contribution in [0.1, 0.15) is 33.4 Å². The van der Waals surface area contributed by atoms with Gasteiger partial charge >= 0.3 is 0 Å². The van der Waals surface area contributed by atoms with Crippen LogP contribution in [-0.4, -0.2) is 4.98 Å². The molecule has 0 fully saturated rings. The zero-order valence-corrected chi connectivity index (χ0v) is 16.3. The summed E-state index contributed by atoms with van der Waals surface area (Å²) in [5.74, 6) is -3.13. The van der Waals surface area contributed by atoms with E-state index in [0.29, 0.717) is 22.2 Å². The molecule has 1 aliphatic rings. The quantitative estimate of drug-likeness (QED) is 0.328. The number of rotatable bonds is 2. The number of alkyl halides is 2. The van der Waals surface area contributed by atoms with E-state index < -0.39 is 5.92 Å². The lowest BCUT2D eigenvalue weighted by Gasteiger charge is -2.29. The van der Waals surface area contributed by atoms with Gasteiger partial charge in [-0.15, -0.1) is 0 Å². The van der Waals surface area contributed by atoms with Gasteiger partial charge in [-0.05, 0) is 76.5 Å². The number of aryl methyl sites for hydroxylation is 2. The lowest BCUT2D eigenvalue weighted by atomic mass is 9.80. The fourth-order valence-corrected chi connectivity index (χ4v) is 4.58. The standard InChI is InChI=1S/C26H19F2N/c1-5-16-12-22-21(11-15(16)4)25-24-19(9-10-29-25)18-8-7-14(3)17(6-2)20(18)13-23(24)26(22,27)28/h5-13H,1-2H2,3-4H3. The highest BCUT2D eigenvalue weighted by Gasteiger charge is 2.43. The summed E-state index contributed by atoms with van der Waals surface area (Å²) in [4.78, 5) is 4.53. The number of benzene rings is 3. The summed E-state index contributed by atoms with van der Waals surface area (Å²) in [5.41, 5.74) is 4.60. The first-order valence-electron chi connectivity index (χ1n) is 9.52. The molecule has 0 saturated heterocycles. The number of halogens is 2. The zero-order valence-electron chi connectivity index (χ0n) is 16.3. The van der Waals surface area contributed by atoms with Crippen molar-refractivity contribution in [1.29, 1.82) is 0 Å². The summed E-state index contributed by atoms with van der Waals surface area (Å²) in [5, 5.41) is 3.05. The molecular weight excluding hydrogens is 364 g/mol. The van der Waals surface area contributed by atoms with Crippen LogP contribution in [-0.2, 0) is 5.92 Å². The van der Waals surface area contributed by atoms with Crippen LogP contribution in [0.15, 0.2) is 55.8 Å². The van der Waals surface area contributed by atoms with Gasteiger partial charge < -0.3 is 0 Å². The van der Waals surface area contributed by atoms with Crippen LogP contribution in [0.25, 0.3) is 45.0 Å². The Hall–Kier alpha value is -3.33. The molecule has 4 aromatic rings. The minimum absolute atomic E-state index is 0.00293. The molecule has 0 spiro atoms. The van der Waals surface area contributed by atoms with Gasteiger partial charge in [0.1, 0.15) is 0 Å². The zero-order chi connectivity index (χ0) is 20.5. The largest absolute Gasteiger partial charge is 0.299 e. The molecule has 1 aliphatic carbocycles. The summed E-state index contributed by atoms with van der Waals surface area (Å²) >= 11 is 0. The average molecular weight is 383 g/mol. The van der Waals surface area contributed by atoms with Gasteiger partial charge in [0, 0.05) is 28.3 Å². The van der Waals surface area contributed by atoms with Crippen molar-refractivity contribution in [2.45, 2.75) is 19.8 Å². The van der Waals surface area contributed by atoms with Crippen molar-refractivity contribution in [3.63, 3.8) is 0 Å². The maximum atomic E-state index is 15.9. The smallest absolute Gasteiger partial charge is 0.256 e. The summed E-state index contributed by atoms with van der Waals surface area (Å²) in [6.07, 6.45) is 5.07. The van der Waals surface area contributed by atoms with Crippen molar-refractivity contribution in [1.82, 2.24) is 4.98 Å². The molecule has 0 atom stereocenters. The average Bonchev–Trinajstić information content (AvgIpc) is 2.71. The number of hydrogen-bond acceptors (Lipinski definition) is 1. The molecule has 29 heavy (non-hydrogen) atoms. The normalized spacial score (nSPS) is 14.1. The molecule has 3 aromatic carbocycles. The Morgan fingerprint density at radius 2 is 1.66 bits per heavy atom. The molecule has 0 radical (unpaired) electrons. The van der Waals surface area contributed by atoms with Crippen LogP contribution in [0.3, 0.4) is 0 Å². The van der Waals surface area contributed by atoms with Crippen molar-refractivity contribution >= 4 is 33.7 Å². The highest BCUT2D eigenvalue weighted by Crippen LogP contribution is 2.52. The first kappa shape index (κ1) is 17.7. The van der Waals surface area contributed by atoms with Crippen molar-refractivity contribution in [3.05, 3.63) is 89.1 Å². The van der Waals surface area contributed by atoms with Gasteiger partial charge in [-0.3, -0.25) is 4.98 Å². The topological polar surface area (TPSA) is 12.9 Å². The number of nitrogens with zero attached hydrogens (tertiary/aromatic N) is 1. The maximum absolute atomic E-state index is 15.9. The number of hydrogen-bond donors (Lipinski definition) is 0. The second-order valence-corrected chi connectivity index (χ2v) is 7.63. The van der Waals surface area contributed by atoms with Crippen molar-refractivity contribution in [3.8, 4) is 11.3 Å². The van der Waals surface area contributed by atoms with Gasteiger partial charge in [0.25, 0.3) is 5.92 Å². The van der Waals surface area contributed by atoms with Crippen molar-refractivity contribution in [2.24, 2.45) is 0 Å². The van der Waals surface area contributed by atoms with Crippen LogP contribution < -0.4 is 0 Å².